The molecule has 0 aliphatic rings. The smallest absolute Gasteiger partial charge is 0.0171 e. The van der Waals surface area contributed by atoms with Crippen molar-refractivity contribution in [1.82, 2.24) is 0 Å². The molecule has 0 unspecified atom stereocenters. The second-order valence-corrected chi connectivity index (χ2v) is 3.66. The molecule has 1 radical (unpaired) electrons. The molecule has 0 aliphatic carbocycles. The van der Waals surface area contributed by atoms with Gasteiger partial charge in [-0.15, -0.1) is 0 Å². The van der Waals surface area contributed by atoms with Crippen molar-refractivity contribution in [3.05, 3.63) is 18.6 Å². The Labute approximate surface area is 84.4 Å². The highest BCUT2D eigenvalue weighted by atomic mass is 13.9. The summed E-state index contributed by atoms with van der Waals surface area (Å²) in [6.45, 7) is 4.50. The zero-order chi connectivity index (χ0) is 9.78. The molecule has 0 heteroatoms. The van der Waals surface area contributed by atoms with E-state index >= 15 is 0 Å². The topological polar surface area (TPSA) is 0 Å². The second kappa shape index (κ2) is 11.7. The van der Waals surface area contributed by atoms with Gasteiger partial charge < -0.3 is 0 Å². The Bertz CT molecular complexity index is 103. The van der Waals surface area contributed by atoms with E-state index in [1.165, 1.54) is 51.4 Å². The summed E-state index contributed by atoms with van der Waals surface area (Å²) in [5, 5.41) is 0. The van der Waals surface area contributed by atoms with Crippen LogP contribution in [0, 0.1) is 6.42 Å². The van der Waals surface area contributed by atoms with Gasteiger partial charge in [0.1, 0.15) is 0 Å². The second-order valence-electron chi connectivity index (χ2n) is 3.66. The molecule has 0 N–H and O–H groups in total. The third kappa shape index (κ3) is 11.7. The predicted octanol–water partition coefficient (Wildman–Crippen LogP) is 4.91. The van der Waals surface area contributed by atoms with E-state index < -0.39 is 0 Å². The maximum Gasteiger partial charge on any atom is -0.0171 e. The van der Waals surface area contributed by atoms with Crippen LogP contribution >= 0.6 is 0 Å². The van der Waals surface area contributed by atoms with Crippen molar-refractivity contribution in [3.63, 3.8) is 0 Å². The lowest BCUT2D eigenvalue weighted by atomic mass is 10.1. The fraction of sp³-hybridized carbons (Fsp3) is 0.769. The first-order chi connectivity index (χ1) is 6.41. The molecule has 0 aromatic carbocycles. The van der Waals surface area contributed by atoms with Crippen molar-refractivity contribution in [1.29, 1.82) is 0 Å². The van der Waals surface area contributed by atoms with Crippen LogP contribution in [0.2, 0.25) is 0 Å². The molecule has 0 fully saturated rings. The third-order valence-electron chi connectivity index (χ3n) is 2.22. The largest absolute Gasteiger partial charge is 0.0882 e. The summed E-state index contributed by atoms with van der Waals surface area (Å²) in [6, 6.07) is 0. The average Bonchev–Trinajstić information content (AvgIpc) is 2.16. The van der Waals surface area contributed by atoms with Gasteiger partial charge in [-0.25, -0.2) is 0 Å². The molecule has 77 valence electrons. The summed E-state index contributed by atoms with van der Waals surface area (Å²) in [7, 11) is 0. The van der Waals surface area contributed by atoms with Gasteiger partial charge in [0.05, 0.1) is 0 Å². The summed E-state index contributed by atoms with van der Waals surface area (Å²) >= 11 is 0. The van der Waals surface area contributed by atoms with Crippen molar-refractivity contribution in [2.45, 2.75) is 65.2 Å². The summed E-state index contributed by atoms with van der Waals surface area (Å²) in [5.74, 6) is 0. The zero-order valence-corrected chi connectivity index (χ0v) is 9.39. The highest BCUT2D eigenvalue weighted by molar-refractivity contribution is 4.94. The van der Waals surface area contributed by atoms with Gasteiger partial charge in [-0.1, -0.05) is 58.1 Å². The Kier molecular flexibility index (Phi) is 11.5. The molecule has 0 amide bonds. The van der Waals surface area contributed by atoms with Crippen molar-refractivity contribution >= 4 is 0 Å². The normalized spacial score (nSPS) is 11.2. The minimum atomic E-state index is 1.26. The minimum absolute atomic E-state index is 1.26. The van der Waals surface area contributed by atoms with Gasteiger partial charge in [-0.3, -0.25) is 0 Å². The van der Waals surface area contributed by atoms with Gasteiger partial charge in [0.2, 0.25) is 0 Å². The van der Waals surface area contributed by atoms with Gasteiger partial charge in [-0.05, 0) is 25.7 Å². The maximum atomic E-state index is 2.31. The summed E-state index contributed by atoms with van der Waals surface area (Å²) in [6.07, 6.45) is 17.5. The monoisotopic (exact) mass is 181 g/mol. The van der Waals surface area contributed by atoms with Crippen LogP contribution in [-0.2, 0) is 0 Å². The minimum Gasteiger partial charge on any atom is -0.0882 e. The molecule has 0 atom stereocenters. The van der Waals surface area contributed by atoms with Crippen molar-refractivity contribution < 1.29 is 0 Å². The molecule has 0 aliphatic heterocycles. The van der Waals surface area contributed by atoms with E-state index in [9.17, 15) is 0 Å². The molecule has 0 nitrogen and oxygen atoms in total. The fourth-order valence-corrected chi connectivity index (χ4v) is 1.31. The number of hydrogen-bond acceptors (Lipinski definition) is 0. The first kappa shape index (κ1) is 12.7. The molecular formula is C13H25. The highest BCUT2D eigenvalue weighted by Crippen LogP contribution is 2.04. The third-order valence-corrected chi connectivity index (χ3v) is 2.22. The number of hydrogen-bond donors (Lipinski definition) is 0. The van der Waals surface area contributed by atoms with E-state index in [2.05, 4.69) is 32.4 Å². The summed E-state index contributed by atoms with van der Waals surface area (Å²) < 4.78 is 0. The number of rotatable bonds is 9. The van der Waals surface area contributed by atoms with Gasteiger partial charge in [0, 0.05) is 0 Å². The molecule has 0 saturated heterocycles. The van der Waals surface area contributed by atoms with Crippen molar-refractivity contribution in [2.24, 2.45) is 0 Å². The van der Waals surface area contributed by atoms with Gasteiger partial charge >= 0.3 is 0 Å². The molecule has 0 spiro atoms. The Balaban J connectivity index is 2.95. The molecule has 0 rings (SSSR count). The van der Waals surface area contributed by atoms with E-state index in [1.54, 1.807) is 0 Å². The Morgan fingerprint density at radius 1 is 0.769 bits per heavy atom. The first-order valence-corrected chi connectivity index (χ1v) is 5.90. The molecular weight excluding hydrogens is 156 g/mol. The van der Waals surface area contributed by atoms with Crippen LogP contribution < -0.4 is 0 Å². The Morgan fingerprint density at radius 2 is 1.38 bits per heavy atom. The van der Waals surface area contributed by atoms with Crippen molar-refractivity contribution in [2.75, 3.05) is 0 Å². The highest BCUT2D eigenvalue weighted by Gasteiger charge is 1.85. The van der Waals surface area contributed by atoms with Crippen LogP contribution in [0.3, 0.4) is 0 Å². The fourth-order valence-electron chi connectivity index (χ4n) is 1.31. The van der Waals surface area contributed by atoms with Gasteiger partial charge in [-0.2, -0.15) is 0 Å². The lowest BCUT2D eigenvalue weighted by molar-refractivity contribution is 0.714. The average molecular weight is 181 g/mol. The standard InChI is InChI=1S/C13H25/c1-3-5-7-9-11-13-12-10-8-6-4-2/h11-13H,3-10H2,1-2H3. The first-order valence-electron chi connectivity index (χ1n) is 5.90. The molecule has 0 bridgehead atoms. The van der Waals surface area contributed by atoms with Crippen LogP contribution in [-0.4, -0.2) is 0 Å². The number of unbranched alkanes of at least 4 members (excludes halogenated alkanes) is 7. The molecule has 13 heavy (non-hydrogen) atoms. The van der Waals surface area contributed by atoms with Crippen LogP contribution in [0.25, 0.3) is 0 Å². The van der Waals surface area contributed by atoms with E-state index in [4.69, 9.17) is 0 Å². The summed E-state index contributed by atoms with van der Waals surface area (Å²) in [4.78, 5) is 0. The van der Waals surface area contributed by atoms with E-state index in [0.717, 1.165) is 0 Å². The van der Waals surface area contributed by atoms with E-state index in [1.807, 2.05) is 0 Å². The zero-order valence-electron chi connectivity index (χ0n) is 9.39. The molecule has 0 aromatic rings. The van der Waals surface area contributed by atoms with Gasteiger partial charge in [0.15, 0.2) is 0 Å². The lowest BCUT2D eigenvalue weighted by Gasteiger charge is -1.94. The predicted molar refractivity (Wildman–Crippen MR) is 61.7 cm³/mol. The molecule has 0 heterocycles. The van der Waals surface area contributed by atoms with Crippen molar-refractivity contribution in [3.8, 4) is 0 Å². The van der Waals surface area contributed by atoms with Crippen LogP contribution in [0.4, 0.5) is 0 Å². The maximum absolute atomic E-state index is 2.31. The molecule has 0 aromatic heterocycles. The quantitative estimate of drug-likeness (QED) is 0.443. The number of allylic oxidation sites excluding steroid dienone is 2. The van der Waals surface area contributed by atoms with Gasteiger partial charge in [0.25, 0.3) is 0 Å². The molecule has 0 saturated carbocycles. The Hall–Kier alpha value is -0.260. The van der Waals surface area contributed by atoms with Crippen LogP contribution in [0.15, 0.2) is 12.2 Å². The SMILES string of the molecule is CCCCC[CH]C=CCCCCC. The lowest BCUT2D eigenvalue weighted by Crippen LogP contribution is -1.75. The Morgan fingerprint density at radius 3 is 2.00 bits per heavy atom. The summed E-state index contributed by atoms with van der Waals surface area (Å²) in [5.41, 5.74) is 0. The van der Waals surface area contributed by atoms with E-state index in [-0.39, 0.29) is 0 Å². The van der Waals surface area contributed by atoms with Crippen LogP contribution in [0.5, 0.6) is 0 Å². The van der Waals surface area contributed by atoms with E-state index in [0.29, 0.717) is 0 Å². The van der Waals surface area contributed by atoms with Crippen LogP contribution in [0.1, 0.15) is 65.2 Å².